The van der Waals surface area contributed by atoms with E-state index >= 15 is 0 Å². The Morgan fingerprint density at radius 1 is 1.52 bits per heavy atom. The molecule has 1 aliphatic rings. The fraction of sp³-hybridized carbons (Fsp3) is 0.353. The zero-order valence-electron chi connectivity index (χ0n) is 13.9. The van der Waals surface area contributed by atoms with E-state index in [9.17, 15) is 20.0 Å². The Bertz CT molecular complexity index is 754. The van der Waals surface area contributed by atoms with Crippen LogP contribution in [-0.4, -0.2) is 36.5 Å². The van der Waals surface area contributed by atoms with Gasteiger partial charge in [0.25, 0.3) is 0 Å². The van der Waals surface area contributed by atoms with E-state index in [-0.39, 0.29) is 23.8 Å². The number of nitrogens with zero attached hydrogens (tertiary/aromatic N) is 1. The van der Waals surface area contributed by atoms with Crippen molar-refractivity contribution in [2.24, 2.45) is 0 Å². The lowest BCUT2D eigenvalue weighted by Gasteiger charge is -2.25. The highest BCUT2D eigenvalue weighted by atomic mass is 32.2. The van der Waals surface area contributed by atoms with Gasteiger partial charge in [0.1, 0.15) is 0 Å². The number of nitrogens with one attached hydrogen (secondary N) is 1. The molecule has 25 heavy (non-hydrogen) atoms. The molecular formula is C17H18N2O5S. The number of aromatic hydroxyl groups is 1. The molecule has 2 rings (SSSR count). The number of carbonyl (C=O) groups excluding carboxylic acids is 2. The lowest BCUT2D eigenvalue weighted by molar-refractivity contribution is -0.137. The third kappa shape index (κ3) is 4.45. The number of phenolic OH excluding ortho intramolecular Hbond substituents is 1. The topological polar surface area (TPSA) is 109 Å². The molecule has 132 valence electrons. The van der Waals surface area contributed by atoms with Crippen LogP contribution in [0.25, 0.3) is 0 Å². The zero-order valence-corrected chi connectivity index (χ0v) is 14.7. The van der Waals surface area contributed by atoms with Crippen LogP contribution in [-0.2, 0) is 14.3 Å². The molecule has 7 nitrogen and oxygen atoms in total. The van der Waals surface area contributed by atoms with Crippen LogP contribution in [0.1, 0.15) is 24.8 Å². The van der Waals surface area contributed by atoms with E-state index < -0.39 is 11.9 Å². The standard InChI is InChI=1S/C17H18N2O5S/c1-3-24-14-6-10(4-5-13(14)20)11-7-15(21)19-17(12(11)8-18)25-9-16(22)23-2/h4-6,11,20H,3,7,9H2,1-2H3,(H,19,21)/t11-/m1/s1. The smallest absolute Gasteiger partial charge is 0.316 e. The third-order valence-corrected chi connectivity index (χ3v) is 4.59. The number of benzene rings is 1. The molecule has 1 heterocycles. The number of carbonyl (C=O) groups is 2. The van der Waals surface area contributed by atoms with Crippen molar-refractivity contribution in [1.82, 2.24) is 5.32 Å². The molecule has 0 unspecified atom stereocenters. The average Bonchev–Trinajstić information content (AvgIpc) is 2.61. The van der Waals surface area contributed by atoms with E-state index in [0.29, 0.717) is 28.5 Å². The molecule has 0 aliphatic carbocycles. The minimum atomic E-state index is -0.473. The van der Waals surface area contributed by atoms with Crippen molar-refractivity contribution in [3.63, 3.8) is 0 Å². The van der Waals surface area contributed by atoms with Gasteiger partial charge in [-0.15, -0.1) is 0 Å². The molecule has 1 aliphatic heterocycles. The molecule has 0 saturated carbocycles. The molecule has 0 radical (unpaired) electrons. The second-order valence-corrected chi connectivity index (χ2v) is 6.17. The first-order chi connectivity index (χ1) is 12.0. The molecule has 0 saturated heterocycles. The summed E-state index contributed by atoms with van der Waals surface area (Å²) in [6.07, 6.45) is 0.0987. The monoisotopic (exact) mass is 362 g/mol. The number of methoxy groups -OCH3 is 1. The number of nitriles is 1. The lowest BCUT2D eigenvalue weighted by atomic mass is 9.87. The maximum Gasteiger partial charge on any atom is 0.316 e. The molecule has 1 amide bonds. The number of allylic oxidation sites excluding steroid dienone is 1. The van der Waals surface area contributed by atoms with Gasteiger partial charge in [-0.3, -0.25) is 9.59 Å². The molecule has 2 N–H and O–H groups in total. The largest absolute Gasteiger partial charge is 0.504 e. The quantitative estimate of drug-likeness (QED) is 0.745. The predicted octanol–water partition coefficient (Wildman–Crippen LogP) is 2.04. The Kier molecular flexibility index (Phi) is 6.31. The van der Waals surface area contributed by atoms with Gasteiger partial charge in [-0.2, -0.15) is 5.26 Å². The summed E-state index contributed by atoms with van der Waals surface area (Å²) in [5.41, 5.74) is 1.05. The SMILES string of the molecule is CCOc1cc([C@H]2CC(=O)NC(SCC(=O)OC)=C2C#N)ccc1O. The van der Waals surface area contributed by atoms with E-state index in [1.165, 1.54) is 13.2 Å². The number of phenols is 1. The Morgan fingerprint density at radius 3 is 2.92 bits per heavy atom. The van der Waals surface area contributed by atoms with E-state index in [1.807, 2.05) is 0 Å². The molecule has 1 atom stereocenters. The second-order valence-electron chi connectivity index (χ2n) is 5.18. The van der Waals surface area contributed by atoms with Crippen LogP contribution in [0.15, 0.2) is 28.8 Å². The fourth-order valence-electron chi connectivity index (χ4n) is 2.43. The first-order valence-corrected chi connectivity index (χ1v) is 8.58. The summed E-state index contributed by atoms with van der Waals surface area (Å²) in [5.74, 6) is -0.889. The zero-order chi connectivity index (χ0) is 18.4. The fourth-order valence-corrected chi connectivity index (χ4v) is 3.34. The number of esters is 1. The molecule has 0 bridgehead atoms. The Labute approximate surface area is 149 Å². The molecular weight excluding hydrogens is 344 g/mol. The number of rotatable bonds is 6. The molecule has 0 spiro atoms. The first-order valence-electron chi connectivity index (χ1n) is 7.59. The minimum absolute atomic E-state index is 0.00589. The van der Waals surface area contributed by atoms with Crippen molar-refractivity contribution in [1.29, 1.82) is 5.26 Å². The molecule has 1 aromatic rings. The maximum absolute atomic E-state index is 12.0. The highest BCUT2D eigenvalue weighted by Gasteiger charge is 2.30. The maximum atomic E-state index is 12.0. The van der Waals surface area contributed by atoms with Crippen LogP contribution in [0.3, 0.4) is 0 Å². The van der Waals surface area contributed by atoms with Crippen LogP contribution in [0.5, 0.6) is 11.5 Å². The van der Waals surface area contributed by atoms with Crippen LogP contribution in [0, 0.1) is 11.3 Å². The highest BCUT2D eigenvalue weighted by molar-refractivity contribution is 8.03. The summed E-state index contributed by atoms with van der Waals surface area (Å²) in [4.78, 5) is 23.4. The molecule has 1 aromatic carbocycles. The van der Waals surface area contributed by atoms with Gasteiger partial charge in [-0.05, 0) is 24.6 Å². The van der Waals surface area contributed by atoms with Crippen molar-refractivity contribution < 1.29 is 24.2 Å². The van der Waals surface area contributed by atoms with Gasteiger partial charge in [0.15, 0.2) is 11.5 Å². The average molecular weight is 362 g/mol. The number of thioether (sulfide) groups is 1. The normalized spacial score (nSPS) is 16.8. The van der Waals surface area contributed by atoms with E-state index in [0.717, 1.165) is 11.8 Å². The number of ether oxygens (including phenoxy) is 2. The van der Waals surface area contributed by atoms with E-state index in [1.54, 1.807) is 19.1 Å². The van der Waals surface area contributed by atoms with E-state index in [2.05, 4.69) is 16.1 Å². The third-order valence-electron chi connectivity index (χ3n) is 3.60. The van der Waals surface area contributed by atoms with Crippen LogP contribution in [0.2, 0.25) is 0 Å². The van der Waals surface area contributed by atoms with Gasteiger partial charge in [0.05, 0.1) is 36.1 Å². The molecule has 0 aromatic heterocycles. The summed E-state index contributed by atoms with van der Waals surface area (Å²) in [6, 6.07) is 6.88. The minimum Gasteiger partial charge on any atom is -0.504 e. The van der Waals surface area contributed by atoms with Crippen molar-refractivity contribution in [3.05, 3.63) is 34.4 Å². The van der Waals surface area contributed by atoms with Crippen LogP contribution >= 0.6 is 11.8 Å². The predicted molar refractivity (Wildman–Crippen MR) is 91.9 cm³/mol. The summed E-state index contributed by atoms with van der Waals surface area (Å²) >= 11 is 1.05. The Balaban J connectivity index is 2.38. The summed E-state index contributed by atoms with van der Waals surface area (Å²) in [5, 5.41) is 22.4. The first kappa shape index (κ1) is 18.7. The lowest BCUT2D eigenvalue weighted by Crippen LogP contribution is -2.31. The van der Waals surface area contributed by atoms with Gasteiger partial charge in [-0.1, -0.05) is 17.8 Å². The number of hydrogen-bond acceptors (Lipinski definition) is 7. The van der Waals surface area contributed by atoms with Gasteiger partial charge in [-0.25, -0.2) is 0 Å². The van der Waals surface area contributed by atoms with Crippen molar-refractivity contribution >= 4 is 23.6 Å². The summed E-state index contributed by atoms with van der Waals surface area (Å²) in [7, 11) is 1.27. The van der Waals surface area contributed by atoms with Gasteiger partial charge in [0, 0.05) is 12.3 Å². The highest BCUT2D eigenvalue weighted by Crippen LogP contribution is 2.39. The van der Waals surface area contributed by atoms with E-state index in [4.69, 9.17) is 4.74 Å². The number of amides is 1. The molecule has 8 heteroatoms. The number of hydrogen-bond donors (Lipinski definition) is 2. The van der Waals surface area contributed by atoms with Crippen LogP contribution in [0.4, 0.5) is 0 Å². The summed E-state index contributed by atoms with van der Waals surface area (Å²) < 4.78 is 9.95. The summed E-state index contributed by atoms with van der Waals surface area (Å²) in [6.45, 7) is 2.17. The second kappa shape index (κ2) is 8.44. The van der Waals surface area contributed by atoms with Crippen LogP contribution < -0.4 is 10.1 Å². The van der Waals surface area contributed by atoms with Gasteiger partial charge < -0.3 is 19.9 Å². The van der Waals surface area contributed by atoms with Gasteiger partial charge >= 0.3 is 5.97 Å². The Morgan fingerprint density at radius 2 is 2.28 bits per heavy atom. The van der Waals surface area contributed by atoms with Crippen molar-refractivity contribution in [2.75, 3.05) is 19.5 Å². The van der Waals surface area contributed by atoms with Crippen molar-refractivity contribution in [2.45, 2.75) is 19.3 Å². The van der Waals surface area contributed by atoms with Crippen molar-refractivity contribution in [3.8, 4) is 17.6 Å². The Hall–Kier alpha value is -2.66. The van der Waals surface area contributed by atoms with Gasteiger partial charge in [0.2, 0.25) is 5.91 Å². The molecule has 0 fully saturated rings.